The molecule has 3 N–H and O–H groups in total. The summed E-state index contributed by atoms with van der Waals surface area (Å²) in [5.74, 6) is 0.631. The van der Waals surface area contributed by atoms with Crippen molar-refractivity contribution in [2.45, 2.75) is 36.2 Å². The molecule has 2 unspecified atom stereocenters. The summed E-state index contributed by atoms with van der Waals surface area (Å²) in [5, 5.41) is 0. The Morgan fingerprint density at radius 3 is 2.44 bits per heavy atom. The van der Waals surface area contributed by atoms with E-state index in [0.717, 1.165) is 19.3 Å². The molecule has 100 valence electrons. The van der Waals surface area contributed by atoms with E-state index in [4.69, 9.17) is 10.5 Å². The molecule has 0 spiro atoms. The molecular weight excluding hydrogens is 252 g/mol. The van der Waals surface area contributed by atoms with Crippen LogP contribution in [0.4, 0.5) is 0 Å². The van der Waals surface area contributed by atoms with Gasteiger partial charge in [-0.15, -0.1) is 0 Å². The third-order valence-electron chi connectivity index (χ3n) is 3.25. The molecule has 2 atom stereocenters. The Balaban J connectivity index is 2.14. The average Bonchev–Trinajstić information content (AvgIpc) is 2.74. The van der Waals surface area contributed by atoms with E-state index in [0.29, 0.717) is 5.75 Å². The molecule has 0 heterocycles. The number of hydrogen-bond acceptors (Lipinski definition) is 4. The molecule has 1 aliphatic rings. The van der Waals surface area contributed by atoms with Crippen LogP contribution in [0.2, 0.25) is 0 Å². The van der Waals surface area contributed by atoms with Crippen LogP contribution >= 0.6 is 0 Å². The predicted octanol–water partition coefficient (Wildman–Crippen LogP) is 0.853. The molecule has 0 radical (unpaired) electrons. The number of nitrogens with two attached hydrogens (primary N) is 1. The summed E-state index contributed by atoms with van der Waals surface area (Å²) in [6.07, 6.45) is 2.64. The van der Waals surface area contributed by atoms with Gasteiger partial charge >= 0.3 is 0 Å². The van der Waals surface area contributed by atoms with E-state index in [1.807, 2.05) is 0 Å². The summed E-state index contributed by atoms with van der Waals surface area (Å²) >= 11 is 0. The fourth-order valence-electron chi connectivity index (χ4n) is 2.16. The summed E-state index contributed by atoms with van der Waals surface area (Å²) in [6, 6.07) is 6.07. The molecule has 0 amide bonds. The maximum absolute atomic E-state index is 12.1. The number of hydrogen-bond donors (Lipinski definition) is 2. The summed E-state index contributed by atoms with van der Waals surface area (Å²) in [6.45, 7) is 0. The van der Waals surface area contributed by atoms with Crippen LogP contribution in [0.25, 0.3) is 0 Å². The largest absolute Gasteiger partial charge is 0.497 e. The molecule has 18 heavy (non-hydrogen) atoms. The fourth-order valence-corrected chi connectivity index (χ4v) is 3.48. The predicted molar refractivity (Wildman–Crippen MR) is 68.9 cm³/mol. The van der Waals surface area contributed by atoms with Gasteiger partial charge < -0.3 is 10.5 Å². The number of nitrogens with one attached hydrogen (secondary N) is 1. The minimum Gasteiger partial charge on any atom is -0.497 e. The van der Waals surface area contributed by atoms with Gasteiger partial charge in [0.05, 0.1) is 12.0 Å². The quantitative estimate of drug-likeness (QED) is 0.850. The lowest BCUT2D eigenvalue weighted by molar-refractivity contribution is 0.414. The van der Waals surface area contributed by atoms with Crippen molar-refractivity contribution >= 4 is 10.0 Å². The van der Waals surface area contributed by atoms with Crippen LogP contribution in [0.15, 0.2) is 29.2 Å². The van der Waals surface area contributed by atoms with Gasteiger partial charge in [0.2, 0.25) is 10.0 Å². The topological polar surface area (TPSA) is 81.4 Å². The molecule has 1 fully saturated rings. The van der Waals surface area contributed by atoms with E-state index in [-0.39, 0.29) is 17.0 Å². The lowest BCUT2D eigenvalue weighted by Crippen LogP contribution is -2.43. The van der Waals surface area contributed by atoms with Gasteiger partial charge in [-0.05, 0) is 37.1 Å². The highest BCUT2D eigenvalue weighted by molar-refractivity contribution is 7.89. The maximum atomic E-state index is 12.1. The molecule has 2 rings (SSSR count). The first-order chi connectivity index (χ1) is 8.53. The van der Waals surface area contributed by atoms with Crippen molar-refractivity contribution in [3.63, 3.8) is 0 Å². The van der Waals surface area contributed by atoms with E-state index in [2.05, 4.69) is 4.72 Å². The van der Waals surface area contributed by atoms with Crippen molar-refractivity contribution in [2.24, 2.45) is 5.73 Å². The molecule has 0 bridgehead atoms. The van der Waals surface area contributed by atoms with E-state index in [1.165, 1.54) is 12.1 Å². The zero-order chi connectivity index (χ0) is 13.2. The van der Waals surface area contributed by atoms with Crippen LogP contribution in [-0.4, -0.2) is 27.6 Å². The first-order valence-corrected chi connectivity index (χ1v) is 7.43. The summed E-state index contributed by atoms with van der Waals surface area (Å²) in [4.78, 5) is 0.238. The lowest BCUT2D eigenvalue weighted by atomic mass is 10.2. The zero-order valence-electron chi connectivity index (χ0n) is 10.3. The van der Waals surface area contributed by atoms with Crippen LogP contribution in [0, 0.1) is 0 Å². The lowest BCUT2D eigenvalue weighted by Gasteiger charge is -2.17. The number of rotatable bonds is 4. The smallest absolute Gasteiger partial charge is 0.240 e. The van der Waals surface area contributed by atoms with Gasteiger partial charge in [0.25, 0.3) is 0 Å². The van der Waals surface area contributed by atoms with Crippen LogP contribution in [-0.2, 0) is 10.0 Å². The Bertz CT molecular complexity index is 499. The first-order valence-electron chi connectivity index (χ1n) is 5.95. The standard InChI is InChI=1S/C12H18N2O3S/c1-17-9-5-7-10(8-6-9)18(15,16)14-12-4-2-3-11(12)13/h5-8,11-12,14H,2-4,13H2,1H3. The third-order valence-corrected chi connectivity index (χ3v) is 4.75. The van der Waals surface area contributed by atoms with Gasteiger partial charge in [0, 0.05) is 12.1 Å². The normalized spacial score (nSPS) is 24.1. The van der Waals surface area contributed by atoms with Gasteiger partial charge in [-0.3, -0.25) is 0 Å². The van der Waals surface area contributed by atoms with Crippen LogP contribution in [0.1, 0.15) is 19.3 Å². The molecule has 0 aliphatic heterocycles. The minimum absolute atomic E-state index is 0.0852. The van der Waals surface area contributed by atoms with E-state index >= 15 is 0 Å². The molecule has 1 aliphatic carbocycles. The molecule has 0 aromatic heterocycles. The SMILES string of the molecule is COc1ccc(S(=O)(=O)NC2CCCC2N)cc1. The van der Waals surface area contributed by atoms with Gasteiger partial charge in [-0.1, -0.05) is 6.42 Å². The van der Waals surface area contributed by atoms with Crippen LogP contribution in [0.3, 0.4) is 0 Å². The highest BCUT2D eigenvalue weighted by Crippen LogP contribution is 2.21. The maximum Gasteiger partial charge on any atom is 0.240 e. The van der Waals surface area contributed by atoms with Gasteiger partial charge in [-0.25, -0.2) is 13.1 Å². The molecule has 1 aromatic carbocycles. The monoisotopic (exact) mass is 270 g/mol. The second kappa shape index (κ2) is 5.26. The average molecular weight is 270 g/mol. The highest BCUT2D eigenvalue weighted by Gasteiger charge is 2.28. The van der Waals surface area contributed by atoms with E-state index in [1.54, 1.807) is 19.2 Å². The molecule has 6 heteroatoms. The van der Waals surface area contributed by atoms with Crippen molar-refractivity contribution in [2.75, 3.05) is 7.11 Å². The van der Waals surface area contributed by atoms with E-state index in [9.17, 15) is 8.42 Å². The third kappa shape index (κ3) is 2.82. The van der Waals surface area contributed by atoms with Crippen molar-refractivity contribution < 1.29 is 13.2 Å². The van der Waals surface area contributed by atoms with Crippen LogP contribution < -0.4 is 15.2 Å². The number of ether oxygens (including phenoxy) is 1. The Morgan fingerprint density at radius 2 is 1.94 bits per heavy atom. The number of methoxy groups -OCH3 is 1. The number of benzene rings is 1. The van der Waals surface area contributed by atoms with Gasteiger partial charge in [0.15, 0.2) is 0 Å². The first kappa shape index (κ1) is 13.3. The number of sulfonamides is 1. The summed E-state index contributed by atoms with van der Waals surface area (Å²) in [5.41, 5.74) is 5.86. The molecule has 0 saturated heterocycles. The Hall–Kier alpha value is -1.11. The Labute approximate surface area is 107 Å². The van der Waals surface area contributed by atoms with Gasteiger partial charge in [0.1, 0.15) is 5.75 Å². The summed E-state index contributed by atoms with van der Waals surface area (Å²) < 4.78 is 31.9. The molecule has 5 nitrogen and oxygen atoms in total. The molecule has 1 saturated carbocycles. The second-order valence-corrected chi connectivity index (χ2v) is 6.21. The Morgan fingerprint density at radius 1 is 1.28 bits per heavy atom. The van der Waals surface area contributed by atoms with E-state index < -0.39 is 10.0 Å². The molecular formula is C12H18N2O3S. The second-order valence-electron chi connectivity index (χ2n) is 4.50. The van der Waals surface area contributed by atoms with Crippen LogP contribution in [0.5, 0.6) is 5.75 Å². The minimum atomic E-state index is -3.49. The summed E-state index contributed by atoms with van der Waals surface area (Å²) in [7, 11) is -1.95. The van der Waals surface area contributed by atoms with Crippen molar-refractivity contribution in [1.29, 1.82) is 0 Å². The Kier molecular flexibility index (Phi) is 3.89. The highest BCUT2D eigenvalue weighted by atomic mass is 32.2. The fraction of sp³-hybridized carbons (Fsp3) is 0.500. The molecule has 1 aromatic rings. The van der Waals surface area contributed by atoms with Crippen molar-refractivity contribution in [3.8, 4) is 5.75 Å². The zero-order valence-corrected chi connectivity index (χ0v) is 11.1. The van der Waals surface area contributed by atoms with Crippen molar-refractivity contribution in [1.82, 2.24) is 4.72 Å². The van der Waals surface area contributed by atoms with Gasteiger partial charge in [-0.2, -0.15) is 0 Å². The van der Waals surface area contributed by atoms with Crippen molar-refractivity contribution in [3.05, 3.63) is 24.3 Å².